The van der Waals surface area contributed by atoms with E-state index in [9.17, 15) is 4.79 Å². The molecule has 0 radical (unpaired) electrons. The molecule has 0 unspecified atom stereocenters. The van der Waals surface area contributed by atoms with Gasteiger partial charge in [0, 0.05) is 17.8 Å². The number of fused-ring (bicyclic) bond motifs is 2. The van der Waals surface area contributed by atoms with Crippen molar-refractivity contribution in [3.05, 3.63) is 23.8 Å². The van der Waals surface area contributed by atoms with Crippen molar-refractivity contribution < 1.29 is 4.79 Å². The van der Waals surface area contributed by atoms with Crippen molar-refractivity contribution in [3.63, 3.8) is 0 Å². The van der Waals surface area contributed by atoms with Gasteiger partial charge in [0.2, 0.25) is 0 Å². The SMILES string of the molecule is CC[C@H]1[C@H]2C(=O)[C@H]3CC=C[C@H]3C(C)=CC[C@H]2C[C@H]1C. The number of hydrogen-bond acceptors (Lipinski definition) is 1. The number of Topliss-reactive ketones (excluding diaryl/α,β-unsaturated/α-hetero) is 1. The van der Waals surface area contributed by atoms with Crippen LogP contribution in [0.3, 0.4) is 0 Å². The Labute approximate surface area is 117 Å². The van der Waals surface area contributed by atoms with Crippen molar-refractivity contribution >= 4 is 5.78 Å². The molecule has 0 amide bonds. The summed E-state index contributed by atoms with van der Waals surface area (Å²) in [5.41, 5.74) is 1.43. The highest BCUT2D eigenvalue weighted by Gasteiger charge is 2.47. The minimum atomic E-state index is 0.253. The van der Waals surface area contributed by atoms with E-state index in [4.69, 9.17) is 0 Å². The maximum atomic E-state index is 13.1. The lowest BCUT2D eigenvalue weighted by molar-refractivity contribution is -0.130. The van der Waals surface area contributed by atoms with Gasteiger partial charge in [-0.1, -0.05) is 44.1 Å². The highest BCUT2D eigenvalue weighted by Crippen LogP contribution is 2.49. The molecule has 0 aromatic rings. The van der Waals surface area contributed by atoms with Crippen molar-refractivity contribution in [3.8, 4) is 0 Å². The van der Waals surface area contributed by atoms with E-state index in [0.717, 1.165) is 18.8 Å². The number of hydrogen-bond donors (Lipinski definition) is 0. The monoisotopic (exact) mass is 258 g/mol. The fourth-order valence-corrected chi connectivity index (χ4v) is 4.98. The Kier molecular flexibility index (Phi) is 3.41. The zero-order valence-electron chi connectivity index (χ0n) is 12.4. The minimum absolute atomic E-state index is 0.253. The van der Waals surface area contributed by atoms with Crippen LogP contribution in [0.25, 0.3) is 0 Å². The molecule has 0 bridgehead atoms. The average Bonchev–Trinajstić information content (AvgIpc) is 2.98. The summed E-state index contributed by atoms with van der Waals surface area (Å²) in [6, 6.07) is 0. The van der Waals surface area contributed by atoms with Crippen LogP contribution in [0.15, 0.2) is 23.8 Å². The predicted molar refractivity (Wildman–Crippen MR) is 78.7 cm³/mol. The highest BCUT2D eigenvalue weighted by atomic mass is 16.1. The van der Waals surface area contributed by atoms with Crippen molar-refractivity contribution in [1.82, 2.24) is 0 Å². The van der Waals surface area contributed by atoms with Gasteiger partial charge in [0.05, 0.1) is 0 Å². The molecule has 1 heteroatoms. The van der Waals surface area contributed by atoms with Crippen LogP contribution in [0.2, 0.25) is 0 Å². The number of allylic oxidation sites excluding steroid dienone is 4. The summed E-state index contributed by atoms with van der Waals surface area (Å²) in [6.45, 7) is 6.84. The van der Waals surface area contributed by atoms with Gasteiger partial charge in [-0.25, -0.2) is 0 Å². The van der Waals surface area contributed by atoms with E-state index in [2.05, 4.69) is 39.0 Å². The summed E-state index contributed by atoms with van der Waals surface area (Å²) in [7, 11) is 0. The van der Waals surface area contributed by atoms with Crippen LogP contribution in [0.5, 0.6) is 0 Å². The molecule has 6 atom stereocenters. The second-order valence-electron chi connectivity index (χ2n) is 6.95. The molecular formula is C18H26O. The summed E-state index contributed by atoms with van der Waals surface area (Å²) < 4.78 is 0. The molecule has 1 fully saturated rings. The Morgan fingerprint density at radius 1 is 1.32 bits per heavy atom. The first-order valence-corrected chi connectivity index (χ1v) is 8.00. The summed E-state index contributed by atoms with van der Waals surface area (Å²) >= 11 is 0. The average molecular weight is 258 g/mol. The molecule has 1 nitrogen and oxygen atoms in total. The van der Waals surface area contributed by atoms with Gasteiger partial charge in [-0.15, -0.1) is 0 Å². The normalized spacial score (nSPS) is 45.4. The summed E-state index contributed by atoms with van der Waals surface area (Å²) in [6.07, 6.45) is 11.5. The fraction of sp³-hybridized carbons (Fsp3) is 0.722. The van der Waals surface area contributed by atoms with Gasteiger partial charge in [-0.05, 0) is 43.9 Å². The van der Waals surface area contributed by atoms with Crippen LogP contribution in [0.1, 0.15) is 46.5 Å². The number of carbonyl (C=O) groups excluding carboxylic acids is 1. The van der Waals surface area contributed by atoms with Crippen LogP contribution >= 0.6 is 0 Å². The van der Waals surface area contributed by atoms with Gasteiger partial charge in [-0.3, -0.25) is 4.79 Å². The Bertz CT molecular complexity index is 431. The maximum absolute atomic E-state index is 13.1. The van der Waals surface area contributed by atoms with Crippen molar-refractivity contribution in [2.75, 3.05) is 0 Å². The quantitative estimate of drug-likeness (QED) is 0.637. The first kappa shape index (κ1) is 13.1. The van der Waals surface area contributed by atoms with Crippen LogP contribution in [0, 0.1) is 35.5 Å². The third-order valence-corrected chi connectivity index (χ3v) is 5.98. The van der Waals surface area contributed by atoms with Gasteiger partial charge in [0.15, 0.2) is 0 Å². The molecule has 1 saturated carbocycles. The van der Waals surface area contributed by atoms with Gasteiger partial charge < -0.3 is 0 Å². The first-order chi connectivity index (χ1) is 9.13. The second-order valence-corrected chi connectivity index (χ2v) is 6.95. The van der Waals surface area contributed by atoms with E-state index in [1.54, 1.807) is 0 Å². The molecule has 104 valence electrons. The summed E-state index contributed by atoms with van der Waals surface area (Å²) in [4.78, 5) is 13.1. The topological polar surface area (TPSA) is 17.1 Å². The van der Waals surface area contributed by atoms with E-state index in [0.29, 0.717) is 29.5 Å². The molecular weight excluding hydrogens is 232 g/mol. The van der Waals surface area contributed by atoms with Crippen molar-refractivity contribution in [2.24, 2.45) is 35.5 Å². The number of ketones is 1. The fourth-order valence-electron chi connectivity index (χ4n) is 4.98. The van der Waals surface area contributed by atoms with Crippen LogP contribution in [-0.4, -0.2) is 5.78 Å². The van der Waals surface area contributed by atoms with E-state index >= 15 is 0 Å². The Hall–Kier alpha value is -0.850. The minimum Gasteiger partial charge on any atom is -0.299 e. The standard InChI is InChI=1S/C18H26O/c1-4-14-12(3)10-13-9-8-11(2)15-6-5-7-16(15)18(19)17(13)14/h5-6,8,12-17H,4,7,9-10H2,1-3H3/t12-,13+,14-,15+,16+,17+/m1/s1. The second kappa shape index (κ2) is 4.92. The number of carbonyl (C=O) groups is 1. The van der Waals surface area contributed by atoms with Gasteiger partial charge in [0.25, 0.3) is 0 Å². The number of rotatable bonds is 1. The van der Waals surface area contributed by atoms with Gasteiger partial charge >= 0.3 is 0 Å². The predicted octanol–water partition coefficient (Wildman–Crippen LogP) is 4.40. The van der Waals surface area contributed by atoms with Crippen LogP contribution < -0.4 is 0 Å². The molecule has 0 aromatic heterocycles. The molecule has 3 aliphatic rings. The molecule has 0 spiro atoms. The van der Waals surface area contributed by atoms with Gasteiger partial charge in [0.1, 0.15) is 5.78 Å². The highest BCUT2D eigenvalue weighted by molar-refractivity contribution is 5.86. The Balaban J connectivity index is 1.96. The van der Waals surface area contributed by atoms with Gasteiger partial charge in [-0.2, -0.15) is 0 Å². The van der Waals surface area contributed by atoms with E-state index < -0.39 is 0 Å². The van der Waals surface area contributed by atoms with E-state index in [1.807, 2.05) is 0 Å². The summed E-state index contributed by atoms with van der Waals surface area (Å²) in [5, 5.41) is 0. The first-order valence-electron chi connectivity index (χ1n) is 8.00. The zero-order valence-corrected chi connectivity index (χ0v) is 12.4. The smallest absolute Gasteiger partial charge is 0.140 e. The molecule has 3 rings (SSSR count). The van der Waals surface area contributed by atoms with Crippen molar-refractivity contribution in [2.45, 2.75) is 46.5 Å². The zero-order chi connectivity index (χ0) is 13.6. The Morgan fingerprint density at radius 3 is 2.84 bits per heavy atom. The van der Waals surface area contributed by atoms with Crippen LogP contribution in [-0.2, 0) is 4.79 Å². The lowest BCUT2D eigenvalue weighted by atomic mass is 9.71. The van der Waals surface area contributed by atoms with Crippen molar-refractivity contribution in [1.29, 1.82) is 0 Å². The maximum Gasteiger partial charge on any atom is 0.140 e. The molecule has 0 aromatic carbocycles. The lowest BCUT2D eigenvalue weighted by Gasteiger charge is -2.31. The molecule has 19 heavy (non-hydrogen) atoms. The molecule has 3 aliphatic carbocycles. The molecule has 0 aliphatic heterocycles. The Morgan fingerprint density at radius 2 is 2.11 bits per heavy atom. The third kappa shape index (κ3) is 2.02. The third-order valence-electron chi connectivity index (χ3n) is 5.98. The van der Waals surface area contributed by atoms with E-state index in [1.165, 1.54) is 18.4 Å². The van der Waals surface area contributed by atoms with E-state index in [-0.39, 0.29) is 5.92 Å². The lowest BCUT2D eigenvalue weighted by Crippen LogP contribution is -2.34. The molecule has 0 heterocycles. The van der Waals surface area contributed by atoms with Crippen LogP contribution in [0.4, 0.5) is 0 Å². The molecule has 0 N–H and O–H groups in total. The molecule has 0 saturated heterocycles. The summed E-state index contributed by atoms with van der Waals surface area (Å²) in [5.74, 6) is 3.56. The largest absolute Gasteiger partial charge is 0.299 e.